The number of carbonyl (C=O) groups is 1. The van der Waals surface area contributed by atoms with Crippen LogP contribution in [0.1, 0.15) is 5.69 Å². The van der Waals surface area contributed by atoms with E-state index in [4.69, 9.17) is 21.9 Å². The van der Waals surface area contributed by atoms with Crippen LogP contribution in [0.15, 0.2) is 33.7 Å². The minimum atomic E-state index is -0.186. The highest BCUT2D eigenvalue weighted by molar-refractivity contribution is 8.00. The monoisotopic (exact) mass is 297 g/mol. The average molecular weight is 298 g/mol. The Morgan fingerprint density at radius 1 is 1.53 bits per heavy atom. The largest absolute Gasteiger partial charge is 0.399 e. The molecule has 2 rings (SSSR count). The number of nitrogen functional groups attached to an aromatic ring is 1. The zero-order valence-electron chi connectivity index (χ0n) is 10.1. The number of thioether (sulfide) groups is 1. The number of benzene rings is 1. The van der Waals surface area contributed by atoms with Crippen molar-refractivity contribution in [3.8, 4) is 0 Å². The Kier molecular flexibility index (Phi) is 4.34. The van der Waals surface area contributed by atoms with Crippen molar-refractivity contribution in [2.75, 3.05) is 16.8 Å². The Labute approximate surface area is 119 Å². The average Bonchev–Trinajstić information content (AvgIpc) is 2.73. The lowest BCUT2D eigenvalue weighted by Gasteiger charge is -2.04. The topological polar surface area (TPSA) is 81.2 Å². The van der Waals surface area contributed by atoms with Crippen LogP contribution in [0.4, 0.5) is 11.6 Å². The molecular formula is C12H12ClN3O2S. The first-order valence-electron chi connectivity index (χ1n) is 5.45. The van der Waals surface area contributed by atoms with Gasteiger partial charge in [0.2, 0.25) is 11.8 Å². The maximum atomic E-state index is 11.7. The summed E-state index contributed by atoms with van der Waals surface area (Å²) >= 11 is 7.34. The van der Waals surface area contributed by atoms with Crippen molar-refractivity contribution < 1.29 is 9.32 Å². The van der Waals surface area contributed by atoms with Gasteiger partial charge in [-0.25, -0.2) is 0 Å². The van der Waals surface area contributed by atoms with Crippen molar-refractivity contribution in [1.82, 2.24) is 5.16 Å². The molecule has 0 saturated carbocycles. The third kappa shape index (κ3) is 3.90. The molecule has 0 bridgehead atoms. The van der Waals surface area contributed by atoms with E-state index >= 15 is 0 Å². The first-order chi connectivity index (χ1) is 9.04. The van der Waals surface area contributed by atoms with Crippen LogP contribution in [0.5, 0.6) is 0 Å². The molecular weight excluding hydrogens is 286 g/mol. The molecule has 19 heavy (non-hydrogen) atoms. The molecule has 0 spiro atoms. The molecule has 1 aromatic heterocycles. The van der Waals surface area contributed by atoms with Gasteiger partial charge in [-0.1, -0.05) is 16.8 Å². The summed E-state index contributed by atoms with van der Waals surface area (Å²) in [6.07, 6.45) is 0. The second-order valence-electron chi connectivity index (χ2n) is 3.86. The molecule has 0 saturated heterocycles. The number of carbonyl (C=O) groups excluding carboxylic acids is 1. The van der Waals surface area contributed by atoms with Gasteiger partial charge in [0.05, 0.1) is 16.5 Å². The summed E-state index contributed by atoms with van der Waals surface area (Å²) in [6, 6.07) is 6.83. The molecule has 0 aliphatic rings. The van der Waals surface area contributed by atoms with Crippen molar-refractivity contribution in [2.45, 2.75) is 11.8 Å². The smallest absolute Gasteiger partial charge is 0.237 e. The third-order valence-electron chi connectivity index (χ3n) is 2.21. The SMILES string of the molecule is Cc1cc(NC(=O)CSc2ccc(N)cc2Cl)on1. The molecule has 0 aliphatic carbocycles. The molecule has 7 heteroatoms. The number of nitrogens with two attached hydrogens (primary N) is 1. The van der Waals surface area contributed by atoms with Crippen LogP contribution in [0, 0.1) is 6.92 Å². The maximum absolute atomic E-state index is 11.7. The summed E-state index contributed by atoms with van der Waals surface area (Å²) < 4.78 is 4.89. The number of halogens is 1. The second kappa shape index (κ2) is 5.99. The lowest BCUT2D eigenvalue weighted by Crippen LogP contribution is -2.13. The molecule has 2 aromatic rings. The Morgan fingerprint density at radius 2 is 2.32 bits per heavy atom. The number of rotatable bonds is 4. The van der Waals surface area contributed by atoms with Gasteiger partial charge in [0.15, 0.2) is 0 Å². The Bertz CT molecular complexity index is 600. The van der Waals surface area contributed by atoms with E-state index < -0.39 is 0 Å². The molecule has 3 N–H and O–H groups in total. The Balaban J connectivity index is 1.89. The summed E-state index contributed by atoms with van der Waals surface area (Å²) in [5.41, 5.74) is 6.90. The summed E-state index contributed by atoms with van der Waals surface area (Å²) in [6.45, 7) is 1.78. The molecule has 1 aromatic carbocycles. The third-order valence-corrected chi connectivity index (χ3v) is 3.70. The number of hydrogen-bond acceptors (Lipinski definition) is 5. The van der Waals surface area contributed by atoms with E-state index in [0.29, 0.717) is 22.3 Å². The van der Waals surface area contributed by atoms with Gasteiger partial charge in [-0.15, -0.1) is 11.8 Å². The van der Waals surface area contributed by atoms with Crippen molar-refractivity contribution in [2.24, 2.45) is 0 Å². The lowest BCUT2D eigenvalue weighted by molar-refractivity contribution is -0.113. The van der Waals surface area contributed by atoms with Crippen LogP contribution in [0.25, 0.3) is 0 Å². The minimum absolute atomic E-state index is 0.186. The van der Waals surface area contributed by atoms with Crippen LogP contribution in [-0.2, 0) is 4.79 Å². The predicted molar refractivity (Wildman–Crippen MR) is 76.5 cm³/mol. The molecule has 1 heterocycles. The van der Waals surface area contributed by atoms with Gasteiger partial charge in [0.25, 0.3) is 0 Å². The summed E-state index contributed by atoms with van der Waals surface area (Å²) in [5, 5.41) is 6.82. The number of nitrogens with zero attached hydrogens (tertiary/aromatic N) is 1. The zero-order chi connectivity index (χ0) is 13.8. The molecule has 0 atom stereocenters. The highest BCUT2D eigenvalue weighted by Gasteiger charge is 2.09. The van der Waals surface area contributed by atoms with Crippen molar-refractivity contribution in [3.63, 3.8) is 0 Å². The van der Waals surface area contributed by atoms with Crippen LogP contribution in [-0.4, -0.2) is 16.8 Å². The van der Waals surface area contributed by atoms with Gasteiger partial charge in [-0.2, -0.15) is 0 Å². The summed E-state index contributed by atoms with van der Waals surface area (Å²) in [7, 11) is 0. The van der Waals surface area contributed by atoms with Gasteiger partial charge in [-0.05, 0) is 25.1 Å². The maximum Gasteiger partial charge on any atom is 0.237 e. The Morgan fingerprint density at radius 3 is 2.95 bits per heavy atom. The van der Waals surface area contributed by atoms with E-state index in [1.165, 1.54) is 11.8 Å². The van der Waals surface area contributed by atoms with Gasteiger partial charge in [0, 0.05) is 16.6 Å². The van der Waals surface area contributed by atoms with Crippen LogP contribution in [0.3, 0.4) is 0 Å². The van der Waals surface area contributed by atoms with E-state index in [1.54, 1.807) is 31.2 Å². The predicted octanol–water partition coefficient (Wildman–Crippen LogP) is 2.95. The second-order valence-corrected chi connectivity index (χ2v) is 5.28. The molecule has 5 nitrogen and oxygen atoms in total. The van der Waals surface area contributed by atoms with Crippen molar-refractivity contribution in [3.05, 3.63) is 35.0 Å². The van der Waals surface area contributed by atoms with Crippen LogP contribution < -0.4 is 11.1 Å². The van der Waals surface area contributed by atoms with Crippen LogP contribution >= 0.6 is 23.4 Å². The number of anilines is 2. The highest BCUT2D eigenvalue weighted by Crippen LogP contribution is 2.28. The van der Waals surface area contributed by atoms with Crippen molar-refractivity contribution >= 4 is 40.8 Å². The standard InChI is InChI=1S/C12H12ClN3O2S/c1-7-4-12(18-16-7)15-11(17)6-19-10-3-2-8(14)5-9(10)13/h2-5H,6,14H2,1H3,(H,15,17). The first-order valence-corrected chi connectivity index (χ1v) is 6.82. The fraction of sp³-hybridized carbons (Fsp3) is 0.167. The molecule has 0 aliphatic heterocycles. The number of aryl methyl sites for hydroxylation is 1. The molecule has 0 radical (unpaired) electrons. The molecule has 1 amide bonds. The fourth-order valence-corrected chi connectivity index (χ4v) is 2.45. The fourth-order valence-electron chi connectivity index (χ4n) is 1.37. The Hall–Kier alpha value is -1.66. The van der Waals surface area contributed by atoms with E-state index in [0.717, 1.165) is 4.90 Å². The number of aromatic nitrogens is 1. The number of nitrogens with one attached hydrogen (secondary N) is 1. The summed E-state index contributed by atoms with van der Waals surface area (Å²) in [5.74, 6) is 0.379. The lowest BCUT2D eigenvalue weighted by atomic mass is 10.3. The van der Waals surface area contributed by atoms with E-state index in [-0.39, 0.29) is 11.7 Å². The minimum Gasteiger partial charge on any atom is -0.399 e. The van der Waals surface area contributed by atoms with Gasteiger partial charge in [0.1, 0.15) is 0 Å². The molecule has 0 unspecified atom stereocenters. The molecule has 0 fully saturated rings. The number of hydrogen-bond donors (Lipinski definition) is 2. The van der Waals surface area contributed by atoms with E-state index in [1.807, 2.05) is 0 Å². The van der Waals surface area contributed by atoms with Gasteiger partial charge < -0.3 is 10.3 Å². The van der Waals surface area contributed by atoms with E-state index in [2.05, 4.69) is 10.5 Å². The van der Waals surface area contributed by atoms with Crippen LogP contribution in [0.2, 0.25) is 5.02 Å². The molecule has 100 valence electrons. The zero-order valence-corrected chi connectivity index (χ0v) is 11.7. The summed E-state index contributed by atoms with van der Waals surface area (Å²) in [4.78, 5) is 12.5. The van der Waals surface area contributed by atoms with Gasteiger partial charge in [-0.3, -0.25) is 10.1 Å². The quantitative estimate of drug-likeness (QED) is 0.670. The van der Waals surface area contributed by atoms with Crippen molar-refractivity contribution in [1.29, 1.82) is 0 Å². The first kappa shape index (κ1) is 13.8. The van der Waals surface area contributed by atoms with E-state index in [9.17, 15) is 4.79 Å². The van der Waals surface area contributed by atoms with Gasteiger partial charge >= 0.3 is 0 Å². The number of amides is 1. The normalized spacial score (nSPS) is 10.4. The highest BCUT2D eigenvalue weighted by atomic mass is 35.5.